The summed E-state index contributed by atoms with van der Waals surface area (Å²) in [6.45, 7) is 0. The van der Waals surface area contributed by atoms with Gasteiger partial charge in [0, 0.05) is 26.3 Å². The number of thioether (sulfide) groups is 1. The number of anilines is 1. The van der Waals surface area contributed by atoms with Crippen LogP contribution in [0.3, 0.4) is 0 Å². The fourth-order valence-corrected chi connectivity index (χ4v) is 9.29. The van der Waals surface area contributed by atoms with Crippen molar-refractivity contribution in [2.45, 2.75) is 12.8 Å². The highest BCUT2D eigenvalue weighted by molar-refractivity contribution is 8.13. The first kappa shape index (κ1) is 28.0. The molecule has 0 saturated heterocycles. The van der Waals surface area contributed by atoms with E-state index in [0.717, 1.165) is 6.16 Å². The van der Waals surface area contributed by atoms with E-state index in [9.17, 15) is 4.79 Å². The summed E-state index contributed by atoms with van der Waals surface area (Å²) < 4.78 is 0. The zero-order valence-corrected chi connectivity index (χ0v) is 23.8. The molecule has 186 valence electrons. The van der Waals surface area contributed by atoms with Crippen molar-refractivity contribution in [3.63, 3.8) is 0 Å². The van der Waals surface area contributed by atoms with E-state index in [0.29, 0.717) is 30.4 Å². The lowest BCUT2D eigenvalue weighted by Gasteiger charge is -2.27. The second-order valence-corrected chi connectivity index (χ2v) is 13.1. The second-order valence-electron chi connectivity index (χ2n) is 8.36. The van der Waals surface area contributed by atoms with Crippen LogP contribution in [0.2, 0.25) is 0 Å². The summed E-state index contributed by atoms with van der Waals surface area (Å²) in [7, 11) is 1.82. The molecule has 3 aromatic carbocycles. The van der Waals surface area contributed by atoms with Crippen molar-refractivity contribution in [1.82, 2.24) is 15.0 Å². The van der Waals surface area contributed by atoms with Gasteiger partial charge in [-0.2, -0.15) is 4.98 Å². The first-order chi connectivity index (χ1) is 17.1. The van der Waals surface area contributed by atoms with Crippen LogP contribution in [0.15, 0.2) is 97.3 Å². The van der Waals surface area contributed by atoms with Gasteiger partial charge in [-0.15, -0.1) is 0 Å². The maximum atomic E-state index is 13.1. The third-order valence-corrected chi connectivity index (χ3v) is 11.2. The van der Waals surface area contributed by atoms with Crippen molar-refractivity contribution in [3.05, 3.63) is 103 Å². The van der Waals surface area contributed by atoms with E-state index in [-0.39, 0.29) is 22.1 Å². The fourth-order valence-electron chi connectivity index (χ4n) is 4.13. The standard InChI is InChI=1S/C28H30N4OPS.BrH/c1-32(2)28-30-22-29-26(31-28)19-21-35-27(33)18-20-34(23-12-6-3-7-13-23,24-14-8-4-9-15-24)25-16-10-5-11-17-25;/h3-17,22H,18-21H2,1-2H3;1H/q+1;/p-1. The Morgan fingerprint density at radius 3 is 1.78 bits per heavy atom. The first-order valence-corrected chi connectivity index (χ1v) is 14.6. The van der Waals surface area contributed by atoms with Crippen LogP contribution in [0.5, 0.6) is 0 Å². The zero-order chi connectivity index (χ0) is 24.5. The number of hydrogen-bond acceptors (Lipinski definition) is 6. The van der Waals surface area contributed by atoms with Crippen LogP contribution in [-0.2, 0) is 11.2 Å². The molecule has 0 radical (unpaired) electrons. The molecule has 4 rings (SSSR count). The molecule has 5 nitrogen and oxygen atoms in total. The molecule has 0 bridgehead atoms. The molecule has 0 unspecified atom stereocenters. The molecule has 0 fully saturated rings. The number of halogens is 1. The zero-order valence-electron chi connectivity index (χ0n) is 20.5. The Morgan fingerprint density at radius 2 is 1.31 bits per heavy atom. The molecule has 0 atom stereocenters. The maximum Gasteiger partial charge on any atom is 0.228 e. The van der Waals surface area contributed by atoms with Crippen LogP contribution in [0.25, 0.3) is 0 Å². The topological polar surface area (TPSA) is 59.0 Å². The predicted octanol–water partition coefficient (Wildman–Crippen LogP) is 1.13. The molecule has 8 heteroatoms. The highest BCUT2D eigenvalue weighted by Crippen LogP contribution is 2.55. The predicted molar refractivity (Wildman–Crippen MR) is 150 cm³/mol. The van der Waals surface area contributed by atoms with Crippen molar-refractivity contribution < 1.29 is 21.8 Å². The summed E-state index contributed by atoms with van der Waals surface area (Å²) in [6, 6.07) is 32.1. The lowest BCUT2D eigenvalue weighted by atomic mass is 10.4. The molecule has 0 aliphatic heterocycles. The lowest BCUT2D eigenvalue weighted by Crippen LogP contribution is -3.00. The van der Waals surface area contributed by atoms with Crippen LogP contribution < -0.4 is 37.8 Å². The normalized spacial score (nSPS) is 10.9. The second kappa shape index (κ2) is 13.6. The summed E-state index contributed by atoms with van der Waals surface area (Å²) in [5.41, 5.74) is 0. The van der Waals surface area contributed by atoms with Gasteiger partial charge in [-0.1, -0.05) is 66.4 Å². The van der Waals surface area contributed by atoms with E-state index in [1.54, 1.807) is 0 Å². The Bertz CT molecular complexity index is 1130. The number of nitrogens with zero attached hydrogens (tertiary/aromatic N) is 4. The van der Waals surface area contributed by atoms with Gasteiger partial charge in [0.1, 0.15) is 35.3 Å². The third kappa shape index (κ3) is 6.78. The third-order valence-electron chi connectivity index (χ3n) is 5.84. The summed E-state index contributed by atoms with van der Waals surface area (Å²) >= 11 is 1.38. The molecule has 0 amide bonds. The quantitative estimate of drug-likeness (QED) is 0.262. The van der Waals surface area contributed by atoms with E-state index in [4.69, 9.17) is 0 Å². The Labute approximate surface area is 228 Å². The van der Waals surface area contributed by atoms with E-state index in [1.807, 2.05) is 19.0 Å². The number of aryl methyl sites for hydroxylation is 1. The smallest absolute Gasteiger partial charge is 0.228 e. The van der Waals surface area contributed by atoms with Crippen molar-refractivity contribution in [1.29, 1.82) is 0 Å². The lowest BCUT2D eigenvalue weighted by molar-refractivity contribution is -0.110. The highest BCUT2D eigenvalue weighted by atomic mass is 79.9. The summed E-state index contributed by atoms with van der Waals surface area (Å²) in [6.07, 6.45) is 3.48. The number of carbonyl (C=O) groups excluding carboxylic acids is 1. The van der Waals surface area contributed by atoms with Gasteiger partial charge < -0.3 is 21.9 Å². The molecule has 0 saturated carbocycles. The van der Waals surface area contributed by atoms with Crippen molar-refractivity contribution in [2.75, 3.05) is 30.9 Å². The van der Waals surface area contributed by atoms with Gasteiger partial charge >= 0.3 is 0 Å². The van der Waals surface area contributed by atoms with Crippen molar-refractivity contribution in [3.8, 4) is 0 Å². The minimum atomic E-state index is -1.99. The van der Waals surface area contributed by atoms with Crippen LogP contribution in [0.4, 0.5) is 5.95 Å². The van der Waals surface area contributed by atoms with E-state index in [1.165, 1.54) is 34.0 Å². The fraction of sp³-hybridized carbons (Fsp3) is 0.214. The Balaban J connectivity index is 0.00000361. The number of hydrogen-bond donors (Lipinski definition) is 0. The minimum Gasteiger partial charge on any atom is -1.00 e. The molecular formula is C28H30BrN4OPS. The molecular weight excluding hydrogens is 551 g/mol. The van der Waals surface area contributed by atoms with Crippen LogP contribution in [-0.4, -0.2) is 46.1 Å². The number of rotatable bonds is 10. The number of aromatic nitrogens is 3. The van der Waals surface area contributed by atoms with E-state index >= 15 is 0 Å². The van der Waals surface area contributed by atoms with Gasteiger partial charge in [0.05, 0.1) is 12.6 Å². The van der Waals surface area contributed by atoms with Gasteiger partial charge in [0.2, 0.25) is 5.95 Å². The van der Waals surface area contributed by atoms with Gasteiger partial charge in [-0.25, -0.2) is 9.97 Å². The van der Waals surface area contributed by atoms with Gasteiger partial charge in [0.15, 0.2) is 5.12 Å². The molecule has 1 heterocycles. The summed E-state index contributed by atoms with van der Waals surface area (Å²) in [5, 5.41) is 4.11. The van der Waals surface area contributed by atoms with Gasteiger partial charge in [-0.3, -0.25) is 4.79 Å². The van der Waals surface area contributed by atoms with Crippen LogP contribution >= 0.6 is 19.0 Å². The first-order valence-electron chi connectivity index (χ1n) is 11.7. The number of carbonyl (C=O) groups is 1. The highest BCUT2D eigenvalue weighted by Gasteiger charge is 2.45. The monoisotopic (exact) mass is 580 g/mol. The Hall–Kier alpha value is -2.60. The van der Waals surface area contributed by atoms with Crippen LogP contribution in [0, 0.1) is 0 Å². The van der Waals surface area contributed by atoms with Crippen molar-refractivity contribution in [2.24, 2.45) is 0 Å². The largest absolute Gasteiger partial charge is 1.00 e. The summed E-state index contributed by atoms with van der Waals surface area (Å²) in [5.74, 6) is 2.00. The molecule has 1 aromatic heterocycles. The molecule has 0 N–H and O–H groups in total. The molecule has 4 aromatic rings. The average Bonchev–Trinajstić information content (AvgIpc) is 2.91. The van der Waals surface area contributed by atoms with E-state index < -0.39 is 7.26 Å². The SMILES string of the molecule is CN(C)c1ncnc(CCSC(=O)CC[P+](c2ccccc2)(c2ccccc2)c2ccccc2)n1.[Br-]. The molecule has 0 spiro atoms. The van der Waals surface area contributed by atoms with Crippen LogP contribution in [0.1, 0.15) is 12.2 Å². The van der Waals surface area contributed by atoms with Gasteiger partial charge in [-0.05, 0) is 36.4 Å². The molecule has 0 aliphatic rings. The molecule has 36 heavy (non-hydrogen) atoms. The summed E-state index contributed by atoms with van der Waals surface area (Å²) in [4.78, 5) is 27.8. The average molecular weight is 582 g/mol. The van der Waals surface area contributed by atoms with E-state index in [2.05, 4.69) is 106 Å². The Kier molecular flexibility index (Phi) is 10.6. The van der Waals surface area contributed by atoms with Crippen molar-refractivity contribution >= 4 is 46.0 Å². The Morgan fingerprint density at radius 1 is 0.806 bits per heavy atom. The maximum absolute atomic E-state index is 13.1. The number of benzene rings is 3. The molecule has 0 aliphatic carbocycles. The minimum absolute atomic E-state index is 0. The van der Waals surface area contributed by atoms with Gasteiger partial charge in [0.25, 0.3) is 0 Å².